The van der Waals surface area contributed by atoms with Crippen LogP contribution in [-0.2, 0) is 14.3 Å². The van der Waals surface area contributed by atoms with Gasteiger partial charge in [-0.05, 0) is 128 Å². The minimum atomic E-state index is -1.48. The maximum Gasteiger partial charge on any atom is 0.306 e. The van der Waals surface area contributed by atoms with Crippen molar-refractivity contribution in [3.63, 3.8) is 0 Å². The van der Waals surface area contributed by atoms with Crippen molar-refractivity contribution >= 4 is 5.97 Å². The number of hydrogen-bond donors (Lipinski definition) is 4. The predicted molar refractivity (Wildman–Crippen MR) is 231 cm³/mol. The zero-order valence-electron chi connectivity index (χ0n) is 37.2. The summed E-state index contributed by atoms with van der Waals surface area (Å²) >= 11 is 0. The Bertz CT molecular complexity index is 1480. The maximum atomic E-state index is 12.9. The highest BCUT2D eigenvalue weighted by Crippen LogP contribution is 2.67. The van der Waals surface area contributed by atoms with Gasteiger partial charge in [0, 0.05) is 12.8 Å². The highest BCUT2D eigenvalue weighted by atomic mass is 16.7. The van der Waals surface area contributed by atoms with Gasteiger partial charge in [-0.3, -0.25) is 4.79 Å². The van der Waals surface area contributed by atoms with Crippen LogP contribution in [0.4, 0.5) is 0 Å². The first-order chi connectivity index (χ1) is 28.3. The molecule has 334 valence electrons. The van der Waals surface area contributed by atoms with E-state index in [0.29, 0.717) is 29.9 Å². The van der Waals surface area contributed by atoms with Crippen molar-refractivity contribution in [2.75, 3.05) is 13.2 Å². The van der Waals surface area contributed by atoms with Crippen LogP contribution in [-0.4, -0.2) is 76.4 Å². The summed E-state index contributed by atoms with van der Waals surface area (Å²) in [5.74, 6) is 6.18. The number of rotatable bonds is 21. The van der Waals surface area contributed by atoms with E-state index in [-0.39, 0.29) is 17.5 Å². The van der Waals surface area contributed by atoms with E-state index in [0.717, 1.165) is 86.9 Å². The van der Waals surface area contributed by atoms with Crippen LogP contribution in [0.3, 0.4) is 0 Å². The van der Waals surface area contributed by atoms with Crippen molar-refractivity contribution in [3.05, 3.63) is 35.9 Å². The highest BCUT2D eigenvalue weighted by molar-refractivity contribution is 5.69. The van der Waals surface area contributed by atoms with Crippen LogP contribution >= 0.6 is 0 Å². The third kappa shape index (κ3) is 11.3. The lowest BCUT2D eigenvalue weighted by atomic mass is 9.47. The summed E-state index contributed by atoms with van der Waals surface area (Å²) in [4.78, 5) is 12.9. The molecular weight excluding hydrogens is 745 g/mol. The van der Waals surface area contributed by atoms with E-state index in [1.807, 2.05) is 0 Å². The minimum Gasteiger partial charge on any atom is -0.494 e. The molecule has 1 aliphatic heterocycles. The second-order valence-electron chi connectivity index (χ2n) is 20.4. The Kier molecular flexibility index (Phi) is 16.7. The summed E-state index contributed by atoms with van der Waals surface area (Å²) in [6.07, 6.45) is 19.5. The molecule has 59 heavy (non-hydrogen) atoms. The Labute approximate surface area is 356 Å². The van der Waals surface area contributed by atoms with E-state index in [1.165, 1.54) is 70.6 Å². The lowest BCUT2D eigenvalue weighted by Gasteiger charge is -2.58. The molecule has 0 spiro atoms. The quantitative estimate of drug-likeness (QED) is 0.0543. The third-order valence-corrected chi connectivity index (χ3v) is 16.0. The first kappa shape index (κ1) is 46.3. The van der Waals surface area contributed by atoms with Gasteiger partial charge in [-0.15, -0.1) is 0 Å². The zero-order chi connectivity index (χ0) is 42.2. The molecule has 0 aromatic heterocycles. The molecule has 1 heterocycles. The standard InChI is InChI=1S/C50H80O9/c1-33(2)15-14-16-34(3)40-24-25-41-39-23-18-35-31-38(26-28-49(35,4)42(39)27-29-50(40,41)5)57-44(52)17-12-10-8-6-7-9-11-13-30-56-36-19-21-37(22-20-36)58-48-47(55)46(54)45(53)43(32-51)59-48/h18-22,33-34,38-43,45-48,51,53-55H,6-17,23-32H2,1-5H3/t34-,38+,39+,40-,41+,42+,43+,45+,46-,47+,48+,49+,50-/m1/s1. The van der Waals surface area contributed by atoms with Crippen LogP contribution in [0.25, 0.3) is 0 Å². The lowest BCUT2D eigenvalue weighted by molar-refractivity contribution is -0.277. The summed E-state index contributed by atoms with van der Waals surface area (Å²) < 4.78 is 23.1. The molecule has 9 heteroatoms. The summed E-state index contributed by atoms with van der Waals surface area (Å²) in [5, 5.41) is 39.5. The van der Waals surface area contributed by atoms with Crippen LogP contribution in [0, 0.1) is 46.3 Å². The Morgan fingerprint density at radius 2 is 1.49 bits per heavy atom. The second kappa shape index (κ2) is 21.3. The Morgan fingerprint density at radius 3 is 2.20 bits per heavy atom. The number of aliphatic hydroxyl groups excluding tert-OH is 4. The molecule has 6 rings (SSSR count). The van der Waals surface area contributed by atoms with Gasteiger partial charge in [0.1, 0.15) is 42.0 Å². The smallest absolute Gasteiger partial charge is 0.306 e. The molecule has 4 aliphatic carbocycles. The Morgan fingerprint density at radius 1 is 0.797 bits per heavy atom. The molecule has 0 unspecified atom stereocenters. The molecule has 0 amide bonds. The van der Waals surface area contributed by atoms with Gasteiger partial charge in [0.2, 0.25) is 6.29 Å². The molecule has 4 N–H and O–H groups in total. The van der Waals surface area contributed by atoms with Gasteiger partial charge in [0.15, 0.2) is 0 Å². The van der Waals surface area contributed by atoms with Crippen molar-refractivity contribution < 1.29 is 44.2 Å². The molecule has 9 nitrogen and oxygen atoms in total. The predicted octanol–water partition coefficient (Wildman–Crippen LogP) is 9.71. The van der Waals surface area contributed by atoms with E-state index in [9.17, 15) is 25.2 Å². The largest absolute Gasteiger partial charge is 0.494 e. The summed E-state index contributed by atoms with van der Waals surface area (Å²) in [6.45, 7) is 12.7. The van der Waals surface area contributed by atoms with Crippen molar-refractivity contribution in [1.82, 2.24) is 0 Å². The van der Waals surface area contributed by atoms with Crippen molar-refractivity contribution in [2.45, 2.75) is 200 Å². The Hall–Kier alpha value is -2.17. The van der Waals surface area contributed by atoms with Crippen LogP contribution in [0.15, 0.2) is 35.9 Å². The van der Waals surface area contributed by atoms with E-state index in [1.54, 1.807) is 29.8 Å². The number of benzene rings is 1. The van der Waals surface area contributed by atoms with Crippen molar-refractivity contribution in [1.29, 1.82) is 0 Å². The Balaban J connectivity index is 0.802. The molecule has 0 bridgehead atoms. The molecule has 1 saturated heterocycles. The number of carbonyl (C=O) groups is 1. The first-order valence-corrected chi connectivity index (χ1v) is 23.9. The fourth-order valence-electron chi connectivity index (χ4n) is 12.5. The average molecular weight is 825 g/mol. The topological polar surface area (TPSA) is 135 Å². The van der Waals surface area contributed by atoms with E-state index < -0.39 is 37.3 Å². The van der Waals surface area contributed by atoms with Gasteiger partial charge >= 0.3 is 5.97 Å². The monoisotopic (exact) mass is 825 g/mol. The van der Waals surface area contributed by atoms with Crippen LogP contribution in [0.1, 0.15) is 163 Å². The van der Waals surface area contributed by atoms with Crippen molar-refractivity contribution in [3.8, 4) is 11.5 Å². The highest BCUT2D eigenvalue weighted by Gasteiger charge is 2.59. The van der Waals surface area contributed by atoms with Gasteiger partial charge in [-0.2, -0.15) is 0 Å². The molecule has 13 atom stereocenters. The normalized spacial score (nSPS) is 35.9. The molecule has 0 radical (unpaired) electrons. The van der Waals surface area contributed by atoms with E-state index >= 15 is 0 Å². The second-order valence-corrected chi connectivity index (χ2v) is 20.4. The SMILES string of the molecule is CC(C)CCC[C@@H](C)[C@H]1CC[C@H]2[C@@H]3CC=C4C[C@@H](OC(=O)CCCCCCCCCCOc5ccc(O[C@H]6O[C@@H](CO)[C@H](O)[C@@H](O)[C@@H]6O)cc5)CC[C@]4(C)[C@H]3CC[C@]12C. The first-order valence-electron chi connectivity index (χ1n) is 23.9. The van der Waals surface area contributed by atoms with Gasteiger partial charge in [0.25, 0.3) is 0 Å². The fourth-order valence-corrected chi connectivity index (χ4v) is 12.5. The third-order valence-electron chi connectivity index (χ3n) is 16.0. The summed E-state index contributed by atoms with van der Waals surface area (Å²) in [7, 11) is 0. The van der Waals surface area contributed by atoms with E-state index in [4.69, 9.17) is 18.9 Å². The molecule has 1 aromatic carbocycles. The summed E-state index contributed by atoms with van der Waals surface area (Å²) in [6, 6.07) is 6.92. The molecular formula is C50H80O9. The van der Waals surface area contributed by atoms with Crippen molar-refractivity contribution in [2.24, 2.45) is 46.3 Å². The van der Waals surface area contributed by atoms with Gasteiger partial charge in [-0.1, -0.05) is 104 Å². The number of hydrogen-bond acceptors (Lipinski definition) is 9. The zero-order valence-corrected chi connectivity index (χ0v) is 37.2. The lowest BCUT2D eigenvalue weighted by Crippen LogP contribution is -2.60. The maximum absolute atomic E-state index is 12.9. The molecule has 5 aliphatic rings. The van der Waals surface area contributed by atoms with E-state index in [2.05, 4.69) is 40.7 Å². The number of ether oxygens (including phenoxy) is 4. The van der Waals surface area contributed by atoms with Crippen LogP contribution in [0.5, 0.6) is 11.5 Å². The van der Waals surface area contributed by atoms with Crippen LogP contribution < -0.4 is 9.47 Å². The van der Waals surface area contributed by atoms with Gasteiger partial charge < -0.3 is 39.4 Å². The van der Waals surface area contributed by atoms with Gasteiger partial charge in [0.05, 0.1) is 13.2 Å². The number of allylic oxidation sites excluding steroid dienone is 1. The van der Waals surface area contributed by atoms with Crippen LogP contribution in [0.2, 0.25) is 0 Å². The molecule has 1 aromatic rings. The molecule has 3 saturated carbocycles. The fraction of sp³-hybridized carbons (Fsp3) is 0.820. The average Bonchev–Trinajstić information content (AvgIpc) is 3.58. The number of aliphatic hydroxyl groups is 4. The number of unbranched alkanes of at least 4 members (excludes halogenated alkanes) is 7. The minimum absolute atomic E-state index is 0.00296. The molecule has 4 fully saturated rings. The summed E-state index contributed by atoms with van der Waals surface area (Å²) in [5.41, 5.74) is 2.41. The number of carbonyl (C=O) groups excluding carboxylic acids is 1. The van der Waals surface area contributed by atoms with Gasteiger partial charge in [-0.25, -0.2) is 0 Å². The number of fused-ring (bicyclic) bond motifs is 5. The number of esters is 1.